The number of hydrogen-bond donors (Lipinski definition) is 2. The molecule has 1 aliphatic rings. The summed E-state index contributed by atoms with van der Waals surface area (Å²) >= 11 is 0. The van der Waals surface area contributed by atoms with Gasteiger partial charge in [-0.2, -0.15) is 0 Å². The number of aryl methyl sites for hydroxylation is 1. The Labute approximate surface area is 162 Å². The first-order chi connectivity index (χ1) is 13.6. The molecule has 2 N–H and O–H groups in total. The Kier molecular flexibility index (Phi) is 4.93. The van der Waals surface area contributed by atoms with Gasteiger partial charge in [-0.1, -0.05) is 42.5 Å². The van der Waals surface area contributed by atoms with Crippen LogP contribution < -0.4 is 15.6 Å². The molecule has 28 heavy (non-hydrogen) atoms. The third kappa shape index (κ3) is 3.81. The van der Waals surface area contributed by atoms with Gasteiger partial charge in [0.05, 0.1) is 12.2 Å². The number of fused-ring (bicyclic) bond motifs is 1. The summed E-state index contributed by atoms with van der Waals surface area (Å²) in [6.07, 6.45) is 1.05. The lowest BCUT2D eigenvalue weighted by Crippen LogP contribution is -2.31. The molecule has 0 fully saturated rings. The maximum absolute atomic E-state index is 12.4. The fourth-order valence-corrected chi connectivity index (χ4v) is 3.50. The van der Waals surface area contributed by atoms with E-state index in [2.05, 4.69) is 27.4 Å². The van der Waals surface area contributed by atoms with E-state index in [4.69, 9.17) is 4.74 Å². The molecule has 1 atom stereocenters. The van der Waals surface area contributed by atoms with E-state index in [1.165, 1.54) is 5.56 Å². The van der Waals surface area contributed by atoms with Gasteiger partial charge in [0.25, 0.3) is 5.56 Å². The molecule has 2 aromatic carbocycles. The van der Waals surface area contributed by atoms with Crippen molar-refractivity contribution >= 4 is 11.7 Å². The lowest BCUT2D eigenvalue weighted by molar-refractivity contribution is -0.116. The Morgan fingerprint density at radius 1 is 1.07 bits per heavy atom. The number of anilines is 1. The smallest absolute Gasteiger partial charge is 0.256 e. The number of nitrogens with zero attached hydrogens (tertiary/aromatic N) is 1. The number of H-pyrrole nitrogens is 1. The molecule has 0 spiro atoms. The molecule has 2 heterocycles. The summed E-state index contributed by atoms with van der Waals surface area (Å²) in [5, 5.41) is 2.70. The average Bonchev–Trinajstić information content (AvgIpc) is 2.68. The summed E-state index contributed by atoms with van der Waals surface area (Å²) in [6.45, 7) is 2.28. The first kappa shape index (κ1) is 18.0. The van der Waals surface area contributed by atoms with Gasteiger partial charge in [0.2, 0.25) is 5.91 Å². The monoisotopic (exact) mass is 375 g/mol. The van der Waals surface area contributed by atoms with E-state index in [9.17, 15) is 9.59 Å². The van der Waals surface area contributed by atoms with Gasteiger partial charge in [-0.25, -0.2) is 4.98 Å². The van der Waals surface area contributed by atoms with Crippen molar-refractivity contribution < 1.29 is 9.53 Å². The first-order valence-electron chi connectivity index (χ1n) is 9.27. The maximum atomic E-state index is 12.4. The zero-order valence-electron chi connectivity index (χ0n) is 15.6. The number of aromatic amines is 1. The number of carbonyl (C=O) groups excluding carboxylic acids is 1. The number of aromatic nitrogens is 2. The molecule has 1 amide bonds. The van der Waals surface area contributed by atoms with Crippen molar-refractivity contribution in [3.8, 4) is 5.75 Å². The summed E-state index contributed by atoms with van der Waals surface area (Å²) in [7, 11) is 0. The topological polar surface area (TPSA) is 84.1 Å². The van der Waals surface area contributed by atoms with Crippen LogP contribution >= 0.6 is 0 Å². The van der Waals surface area contributed by atoms with E-state index in [1.54, 1.807) is 6.92 Å². The second-order valence-electron chi connectivity index (χ2n) is 6.87. The molecule has 0 aliphatic carbocycles. The molecular formula is C22H21N3O3. The van der Waals surface area contributed by atoms with Crippen LogP contribution in [0.15, 0.2) is 59.4 Å². The van der Waals surface area contributed by atoms with E-state index >= 15 is 0 Å². The van der Waals surface area contributed by atoms with Crippen molar-refractivity contribution in [1.82, 2.24) is 9.97 Å². The predicted octanol–water partition coefficient (Wildman–Crippen LogP) is 3.17. The highest BCUT2D eigenvalue weighted by Gasteiger charge is 2.30. The van der Waals surface area contributed by atoms with E-state index < -0.39 is 0 Å². The molecule has 0 bridgehead atoms. The van der Waals surface area contributed by atoms with Crippen LogP contribution in [0.3, 0.4) is 0 Å². The van der Waals surface area contributed by atoms with Crippen LogP contribution in [0.2, 0.25) is 0 Å². The fourth-order valence-electron chi connectivity index (χ4n) is 3.50. The number of hydrogen-bond acceptors (Lipinski definition) is 4. The third-order valence-electron chi connectivity index (χ3n) is 4.85. The Morgan fingerprint density at radius 3 is 2.57 bits per heavy atom. The van der Waals surface area contributed by atoms with Crippen molar-refractivity contribution in [3.63, 3.8) is 0 Å². The van der Waals surface area contributed by atoms with Crippen LogP contribution in [0.5, 0.6) is 5.75 Å². The summed E-state index contributed by atoms with van der Waals surface area (Å²) in [5.41, 5.74) is 2.41. The number of ether oxygens (including phenoxy) is 1. The quantitative estimate of drug-likeness (QED) is 0.717. The number of rotatable bonds is 5. The standard InChI is InChI=1S/C22H21N3O3/c1-14-23-21-20(22(27)24-14)18(13-19(26)25-21)16-7-9-17(10-8-16)28-12-11-15-5-3-2-4-6-15/h2-10,18H,11-13H2,1H3,(H2,23,24,25,26,27)/t18-/m0/s1. The van der Waals surface area contributed by atoms with Crippen molar-refractivity contribution in [3.05, 3.63) is 87.5 Å². The molecule has 1 aromatic heterocycles. The zero-order valence-corrected chi connectivity index (χ0v) is 15.6. The SMILES string of the molecule is Cc1nc2c(c(=O)[nH]1)[C@H](c1ccc(OCCc3ccccc3)cc1)CC(=O)N2. The molecule has 1 aliphatic heterocycles. The van der Waals surface area contributed by atoms with Crippen LogP contribution in [-0.4, -0.2) is 22.5 Å². The van der Waals surface area contributed by atoms with E-state index in [1.807, 2.05) is 42.5 Å². The second-order valence-corrected chi connectivity index (χ2v) is 6.87. The highest BCUT2D eigenvalue weighted by atomic mass is 16.5. The highest BCUT2D eigenvalue weighted by Crippen LogP contribution is 2.34. The van der Waals surface area contributed by atoms with E-state index in [-0.39, 0.29) is 23.8 Å². The molecular weight excluding hydrogens is 354 g/mol. The van der Waals surface area contributed by atoms with E-state index in [0.717, 1.165) is 17.7 Å². The number of benzene rings is 2. The van der Waals surface area contributed by atoms with Gasteiger partial charge in [-0.3, -0.25) is 9.59 Å². The Bertz CT molecular complexity index is 1040. The lowest BCUT2D eigenvalue weighted by Gasteiger charge is -2.24. The minimum Gasteiger partial charge on any atom is -0.493 e. The Morgan fingerprint density at radius 2 is 1.82 bits per heavy atom. The first-order valence-corrected chi connectivity index (χ1v) is 9.27. The largest absolute Gasteiger partial charge is 0.493 e. The average molecular weight is 375 g/mol. The maximum Gasteiger partial charge on any atom is 0.256 e. The van der Waals surface area contributed by atoms with Crippen LogP contribution in [0.25, 0.3) is 0 Å². The molecule has 142 valence electrons. The Hall–Kier alpha value is -3.41. The molecule has 0 saturated heterocycles. The molecule has 0 saturated carbocycles. The van der Waals surface area contributed by atoms with Gasteiger partial charge < -0.3 is 15.0 Å². The number of amides is 1. The lowest BCUT2D eigenvalue weighted by atomic mass is 9.87. The number of carbonyl (C=O) groups is 1. The molecule has 6 nitrogen and oxygen atoms in total. The van der Waals surface area contributed by atoms with Crippen molar-refractivity contribution in [2.75, 3.05) is 11.9 Å². The Balaban J connectivity index is 1.50. The van der Waals surface area contributed by atoms with Crippen molar-refractivity contribution in [2.45, 2.75) is 25.7 Å². The number of nitrogens with one attached hydrogen (secondary N) is 2. The van der Waals surface area contributed by atoms with Gasteiger partial charge >= 0.3 is 0 Å². The molecule has 0 radical (unpaired) electrons. The molecule has 6 heteroatoms. The van der Waals surface area contributed by atoms with Crippen LogP contribution in [0, 0.1) is 6.92 Å². The predicted molar refractivity (Wildman–Crippen MR) is 107 cm³/mol. The molecule has 4 rings (SSSR count). The summed E-state index contributed by atoms with van der Waals surface area (Å²) in [5.74, 6) is 1.13. The third-order valence-corrected chi connectivity index (χ3v) is 4.85. The van der Waals surface area contributed by atoms with Crippen molar-refractivity contribution in [2.24, 2.45) is 0 Å². The van der Waals surface area contributed by atoms with E-state index in [0.29, 0.717) is 23.8 Å². The van der Waals surface area contributed by atoms with Gasteiger partial charge in [0.1, 0.15) is 17.4 Å². The van der Waals surface area contributed by atoms with Crippen LogP contribution in [0.1, 0.15) is 34.9 Å². The molecule has 3 aromatic rings. The second kappa shape index (κ2) is 7.68. The van der Waals surface area contributed by atoms with Crippen LogP contribution in [-0.2, 0) is 11.2 Å². The van der Waals surface area contributed by atoms with Gasteiger partial charge in [-0.05, 0) is 30.2 Å². The zero-order chi connectivity index (χ0) is 19.5. The van der Waals surface area contributed by atoms with Crippen LogP contribution in [0.4, 0.5) is 5.82 Å². The minimum absolute atomic E-state index is 0.141. The van der Waals surface area contributed by atoms with Gasteiger partial charge in [-0.15, -0.1) is 0 Å². The summed E-state index contributed by atoms with van der Waals surface area (Å²) in [6, 6.07) is 17.7. The fraction of sp³-hybridized carbons (Fsp3) is 0.227. The highest BCUT2D eigenvalue weighted by molar-refractivity contribution is 5.94. The van der Waals surface area contributed by atoms with Gasteiger partial charge in [0, 0.05) is 18.8 Å². The van der Waals surface area contributed by atoms with Gasteiger partial charge in [0.15, 0.2) is 0 Å². The minimum atomic E-state index is -0.320. The normalized spacial score (nSPS) is 15.6. The summed E-state index contributed by atoms with van der Waals surface area (Å²) < 4.78 is 5.82. The molecule has 0 unspecified atom stereocenters. The summed E-state index contributed by atoms with van der Waals surface area (Å²) in [4.78, 5) is 31.5. The van der Waals surface area contributed by atoms with Crippen molar-refractivity contribution in [1.29, 1.82) is 0 Å².